The van der Waals surface area contributed by atoms with Crippen LogP contribution in [0, 0.1) is 0 Å². The number of amides is 2. The van der Waals surface area contributed by atoms with Crippen LogP contribution in [0.1, 0.15) is 36.4 Å². The van der Waals surface area contributed by atoms with Gasteiger partial charge in [-0.2, -0.15) is 0 Å². The van der Waals surface area contributed by atoms with E-state index in [-0.39, 0.29) is 29.7 Å². The largest absolute Gasteiger partial charge is 0.382 e. The Hall–Kier alpha value is -1.83. The van der Waals surface area contributed by atoms with Gasteiger partial charge in [0, 0.05) is 32.1 Å². The fourth-order valence-corrected chi connectivity index (χ4v) is 3.12. The molecule has 0 bridgehead atoms. The monoisotopic (exact) mass is 311 g/mol. The highest BCUT2D eigenvalue weighted by Gasteiger charge is 2.26. The zero-order valence-corrected chi connectivity index (χ0v) is 13.3. The maximum absolute atomic E-state index is 12.3. The third-order valence-electron chi connectivity index (χ3n) is 3.23. The Morgan fingerprint density at radius 1 is 1.52 bits per heavy atom. The Bertz CT molecular complexity index is 543. The third kappa shape index (κ3) is 3.84. The lowest BCUT2D eigenvalue weighted by molar-refractivity contribution is -0.132. The number of hydrogen-bond donors (Lipinski definition) is 3. The summed E-state index contributed by atoms with van der Waals surface area (Å²) in [6.45, 7) is 4.51. The van der Waals surface area contributed by atoms with Gasteiger partial charge in [0.05, 0.1) is 0 Å². The minimum absolute atomic E-state index is 0.0387. The molecule has 1 fully saturated rings. The highest BCUT2D eigenvalue weighted by Crippen LogP contribution is 2.25. The van der Waals surface area contributed by atoms with Crippen LogP contribution in [0.5, 0.6) is 0 Å². The van der Waals surface area contributed by atoms with Gasteiger partial charge in [-0.25, -0.2) is 4.98 Å². The molecular weight excluding hydrogens is 290 g/mol. The molecule has 1 unspecified atom stereocenters. The minimum Gasteiger partial charge on any atom is -0.382 e. The summed E-state index contributed by atoms with van der Waals surface area (Å²) in [5.41, 5.74) is 5.81. The van der Waals surface area contributed by atoms with Crippen molar-refractivity contribution in [1.82, 2.24) is 15.2 Å². The van der Waals surface area contributed by atoms with Crippen LogP contribution in [-0.2, 0) is 4.79 Å². The van der Waals surface area contributed by atoms with Gasteiger partial charge in [0.1, 0.15) is 10.7 Å². The Morgan fingerprint density at radius 3 is 2.86 bits per heavy atom. The van der Waals surface area contributed by atoms with Crippen LogP contribution >= 0.6 is 11.3 Å². The van der Waals surface area contributed by atoms with Gasteiger partial charge in [0.2, 0.25) is 5.91 Å². The summed E-state index contributed by atoms with van der Waals surface area (Å²) in [4.78, 5) is 29.9. The van der Waals surface area contributed by atoms with Crippen molar-refractivity contribution in [3.8, 4) is 0 Å². The summed E-state index contributed by atoms with van der Waals surface area (Å²) in [6, 6.07) is 0.188. The molecule has 1 aliphatic heterocycles. The number of likely N-dealkylation sites (N-methyl/N-ethyl adjacent to an activating group) is 1. The van der Waals surface area contributed by atoms with Crippen molar-refractivity contribution in [2.24, 2.45) is 0 Å². The first kappa shape index (κ1) is 15.6. The van der Waals surface area contributed by atoms with Crippen LogP contribution in [0.15, 0.2) is 0 Å². The van der Waals surface area contributed by atoms with E-state index in [1.807, 2.05) is 13.8 Å². The maximum atomic E-state index is 12.3. The predicted octanol–water partition coefficient (Wildman–Crippen LogP) is 0.896. The number of nitrogens with one attached hydrogen (secondary N) is 2. The van der Waals surface area contributed by atoms with Gasteiger partial charge >= 0.3 is 0 Å². The zero-order valence-electron chi connectivity index (χ0n) is 12.5. The van der Waals surface area contributed by atoms with Gasteiger partial charge in [-0.05, 0) is 20.3 Å². The number of nitrogen functional groups attached to an aromatic ring is 1. The van der Waals surface area contributed by atoms with Crippen molar-refractivity contribution in [2.75, 3.05) is 24.6 Å². The Balaban J connectivity index is 2.00. The van der Waals surface area contributed by atoms with Gasteiger partial charge in [-0.3, -0.25) is 9.59 Å². The highest BCUT2D eigenvalue weighted by molar-refractivity contribution is 7.18. The van der Waals surface area contributed by atoms with E-state index in [0.717, 1.165) is 0 Å². The predicted molar refractivity (Wildman–Crippen MR) is 83.4 cm³/mol. The Labute approximate surface area is 127 Å². The number of nitrogens with two attached hydrogens (primary N) is 1. The number of carbonyl (C=O) groups excluding carboxylic acids is 2. The normalized spacial score (nSPS) is 19.0. The second-order valence-corrected chi connectivity index (χ2v) is 6.51. The number of likely N-dealkylation sites (tertiary alicyclic amines) is 1. The van der Waals surface area contributed by atoms with Crippen LogP contribution in [0.3, 0.4) is 0 Å². The van der Waals surface area contributed by atoms with E-state index in [4.69, 9.17) is 5.73 Å². The summed E-state index contributed by atoms with van der Waals surface area (Å²) in [5, 5.41) is 6.70. The molecule has 2 rings (SSSR count). The summed E-state index contributed by atoms with van der Waals surface area (Å²) in [6.07, 6.45) is 1.12. The van der Waals surface area contributed by atoms with Crippen molar-refractivity contribution in [3.05, 3.63) is 4.88 Å². The SMILES string of the molecule is CC(C)Nc1nc(N)c(C(=O)NC2CCC(=O)N(C)C2)s1. The number of piperidine rings is 1. The molecule has 2 heterocycles. The molecule has 0 saturated carbocycles. The average Bonchev–Trinajstić information content (AvgIpc) is 2.74. The highest BCUT2D eigenvalue weighted by atomic mass is 32.1. The smallest absolute Gasteiger partial charge is 0.265 e. The molecule has 1 saturated heterocycles. The Morgan fingerprint density at radius 2 is 2.24 bits per heavy atom. The van der Waals surface area contributed by atoms with Crippen LogP contribution in [-0.4, -0.2) is 47.4 Å². The fourth-order valence-electron chi connectivity index (χ4n) is 2.18. The van der Waals surface area contributed by atoms with Crippen molar-refractivity contribution in [2.45, 2.75) is 38.8 Å². The van der Waals surface area contributed by atoms with Crippen LogP contribution in [0.4, 0.5) is 10.9 Å². The van der Waals surface area contributed by atoms with Gasteiger partial charge in [0.15, 0.2) is 5.13 Å². The number of aromatic nitrogens is 1. The Kier molecular flexibility index (Phi) is 4.66. The van der Waals surface area contributed by atoms with Gasteiger partial charge in [0.25, 0.3) is 5.91 Å². The summed E-state index contributed by atoms with van der Waals surface area (Å²) in [7, 11) is 1.74. The first-order valence-corrected chi connectivity index (χ1v) is 7.76. The summed E-state index contributed by atoms with van der Waals surface area (Å²) < 4.78 is 0. The first-order valence-electron chi connectivity index (χ1n) is 6.94. The molecule has 21 heavy (non-hydrogen) atoms. The molecule has 4 N–H and O–H groups in total. The number of hydrogen-bond acceptors (Lipinski definition) is 6. The summed E-state index contributed by atoms with van der Waals surface area (Å²) >= 11 is 1.25. The van der Waals surface area contributed by atoms with E-state index in [1.165, 1.54) is 11.3 Å². The molecule has 8 heteroatoms. The van der Waals surface area contributed by atoms with E-state index >= 15 is 0 Å². The fraction of sp³-hybridized carbons (Fsp3) is 0.615. The molecule has 0 aliphatic carbocycles. The zero-order chi connectivity index (χ0) is 15.6. The van der Waals surface area contributed by atoms with Crippen molar-refractivity contribution in [3.63, 3.8) is 0 Å². The lowest BCUT2D eigenvalue weighted by Crippen LogP contribution is -2.48. The van der Waals surface area contributed by atoms with Gasteiger partial charge in [-0.1, -0.05) is 11.3 Å². The molecule has 7 nitrogen and oxygen atoms in total. The van der Waals surface area contributed by atoms with Crippen molar-refractivity contribution >= 4 is 34.1 Å². The van der Waals surface area contributed by atoms with E-state index < -0.39 is 0 Å². The van der Waals surface area contributed by atoms with Crippen LogP contribution in [0.25, 0.3) is 0 Å². The molecule has 0 aromatic carbocycles. The standard InChI is InChI=1S/C13H21N5O2S/c1-7(2)15-13-17-11(14)10(21-13)12(20)16-8-4-5-9(19)18(3)6-8/h7-8H,4-6,14H2,1-3H3,(H,15,17)(H,16,20). The average molecular weight is 311 g/mol. The molecular formula is C13H21N5O2S. The molecule has 116 valence electrons. The van der Waals surface area contributed by atoms with Crippen molar-refractivity contribution < 1.29 is 9.59 Å². The molecule has 1 aromatic heterocycles. The van der Waals surface area contributed by atoms with E-state index in [9.17, 15) is 9.59 Å². The van der Waals surface area contributed by atoms with Gasteiger partial charge < -0.3 is 21.3 Å². The van der Waals surface area contributed by atoms with Crippen molar-refractivity contribution in [1.29, 1.82) is 0 Å². The molecule has 2 amide bonds. The molecule has 0 radical (unpaired) electrons. The number of rotatable bonds is 4. The van der Waals surface area contributed by atoms with E-state index in [0.29, 0.717) is 29.4 Å². The second-order valence-electron chi connectivity index (χ2n) is 5.52. The van der Waals surface area contributed by atoms with E-state index in [2.05, 4.69) is 15.6 Å². The van der Waals surface area contributed by atoms with Gasteiger partial charge in [-0.15, -0.1) is 0 Å². The quantitative estimate of drug-likeness (QED) is 0.767. The van der Waals surface area contributed by atoms with Crippen LogP contribution in [0.2, 0.25) is 0 Å². The number of nitrogens with zero attached hydrogens (tertiary/aromatic N) is 2. The lowest BCUT2D eigenvalue weighted by Gasteiger charge is -2.29. The molecule has 1 aromatic rings. The topological polar surface area (TPSA) is 100 Å². The number of anilines is 2. The molecule has 1 aliphatic rings. The number of thiazole rings is 1. The maximum Gasteiger partial charge on any atom is 0.265 e. The summed E-state index contributed by atoms with van der Waals surface area (Å²) in [5.74, 6) is 0.122. The second kappa shape index (κ2) is 6.30. The molecule has 0 spiro atoms. The molecule has 1 atom stereocenters. The minimum atomic E-state index is -0.227. The third-order valence-corrected chi connectivity index (χ3v) is 4.23. The number of carbonyl (C=O) groups is 2. The van der Waals surface area contributed by atoms with E-state index in [1.54, 1.807) is 11.9 Å². The lowest BCUT2D eigenvalue weighted by atomic mass is 10.1. The first-order chi connectivity index (χ1) is 9.86. The van der Waals surface area contributed by atoms with Crippen LogP contribution < -0.4 is 16.4 Å².